The molecule has 1 N–H and O–H groups in total. The summed E-state index contributed by atoms with van der Waals surface area (Å²) in [5.74, 6) is -0.120. The summed E-state index contributed by atoms with van der Waals surface area (Å²) in [5, 5.41) is 4.23. The lowest BCUT2D eigenvalue weighted by Crippen LogP contribution is -2.53. The van der Waals surface area contributed by atoms with E-state index in [2.05, 4.69) is 5.32 Å². The zero-order valence-electron chi connectivity index (χ0n) is 18.4. The molecule has 2 heterocycles. The lowest BCUT2D eigenvalue weighted by atomic mass is 9.84. The quantitative estimate of drug-likeness (QED) is 0.682. The lowest BCUT2D eigenvalue weighted by Gasteiger charge is -2.35. The van der Waals surface area contributed by atoms with Gasteiger partial charge < -0.3 is 5.32 Å². The molecule has 174 valence electrons. The van der Waals surface area contributed by atoms with Crippen molar-refractivity contribution in [2.45, 2.75) is 50.5 Å². The number of benzene rings is 1. The molecule has 0 aromatic heterocycles. The highest BCUT2D eigenvalue weighted by Crippen LogP contribution is 2.32. The van der Waals surface area contributed by atoms with Gasteiger partial charge in [-0.2, -0.15) is 4.31 Å². The third-order valence-electron chi connectivity index (χ3n) is 6.72. The van der Waals surface area contributed by atoms with Crippen LogP contribution in [-0.4, -0.2) is 72.8 Å². The van der Waals surface area contributed by atoms with Crippen LogP contribution in [0.25, 0.3) is 6.08 Å². The number of imide groups is 1. The van der Waals surface area contributed by atoms with Gasteiger partial charge in [0, 0.05) is 31.6 Å². The summed E-state index contributed by atoms with van der Waals surface area (Å²) in [4.78, 5) is 29.1. The third-order valence-corrected chi connectivity index (χ3v) is 8.28. The van der Waals surface area contributed by atoms with Gasteiger partial charge in [-0.05, 0) is 24.5 Å². The molecule has 0 unspecified atom stereocenters. The molecule has 3 amide bonds. The molecule has 2 saturated heterocycles. The second-order valence-electron chi connectivity index (χ2n) is 8.93. The summed E-state index contributed by atoms with van der Waals surface area (Å²) in [6, 6.07) is 8.99. The van der Waals surface area contributed by atoms with E-state index in [-0.39, 0.29) is 18.6 Å². The maximum absolute atomic E-state index is 13.2. The molecule has 1 spiro atoms. The molecule has 1 aromatic carbocycles. The van der Waals surface area contributed by atoms with Crippen LogP contribution < -0.4 is 5.32 Å². The van der Waals surface area contributed by atoms with Crippen molar-refractivity contribution in [1.82, 2.24) is 19.4 Å². The molecule has 8 nitrogen and oxygen atoms in total. The van der Waals surface area contributed by atoms with E-state index >= 15 is 0 Å². The molecule has 0 bridgehead atoms. The molecule has 32 heavy (non-hydrogen) atoms. The number of hydrogen-bond acceptors (Lipinski definition) is 5. The van der Waals surface area contributed by atoms with Crippen molar-refractivity contribution in [2.75, 3.05) is 32.8 Å². The molecule has 1 aromatic rings. The molecule has 9 heteroatoms. The molecular weight excluding hydrogens is 428 g/mol. The topological polar surface area (TPSA) is 90.0 Å². The van der Waals surface area contributed by atoms with Gasteiger partial charge in [-0.1, -0.05) is 62.4 Å². The Bertz CT molecular complexity index is 947. The van der Waals surface area contributed by atoms with Gasteiger partial charge in [-0.25, -0.2) is 18.1 Å². The Hall–Kier alpha value is -2.23. The van der Waals surface area contributed by atoms with Gasteiger partial charge in [0.25, 0.3) is 5.91 Å². The summed E-state index contributed by atoms with van der Waals surface area (Å²) >= 11 is 0. The van der Waals surface area contributed by atoms with E-state index in [0.29, 0.717) is 39.0 Å². The van der Waals surface area contributed by atoms with Crippen molar-refractivity contribution in [2.24, 2.45) is 0 Å². The van der Waals surface area contributed by atoms with E-state index in [0.717, 1.165) is 31.2 Å². The van der Waals surface area contributed by atoms with E-state index in [1.54, 1.807) is 6.08 Å². The van der Waals surface area contributed by atoms with E-state index < -0.39 is 15.6 Å². The van der Waals surface area contributed by atoms with Crippen molar-refractivity contribution in [3.05, 3.63) is 41.3 Å². The minimum absolute atomic E-state index is 0.120. The number of sulfonamides is 1. The Morgan fingerprint density at radius 2 is 1.53 bits per heavy atom. The first-order valence-electron chi connectivity index (χ1n) is 11.5. The van der Waals surface area contributed by atoms with Crippen molar-refractivity contribution < 1.29 is 18.0 Å². The van der Waals surface area contributed by atoms with Crippen LogP contribution in [0.1, 0.15) is 50.5 Å². The monoisotopic (exact) mass is 460 g/mol. The standard InChI is InChI=1S/C23H32N4O4S/c28-21-23(12-7-2-1-3-8-13-23)24-22(29)27(21)19-25-14-16-26(17-15-25)32(30,31)18-11-20-9-5-4-6-10-20/h4-6,9-11,18H,1-3,7-8,12-17,19H2,(H,24,29)/b18-11+. The minimum atomic E-state index is -3.52. The molecule has 2 aliphatic heterocycles. The number of carbonyl (C=O) groups is 2. The summed E-state index contributed by atoms with van der Waals surface area (Å²) in [5.41, 5.74) is 0.0849. The molecule has 0 atom stereocenters. The number of rotatable bonds is 5. The zero-order valence-corrected chi connectivity index (χ0v) is 19.2. The third kappa shape index (κ3) is 5.05. The first kappa shape index (κ1) is 22.9. The smallest absolute Gasteiger partial charge is 0.323 e. The predicted octanol–water partition coefficient (Wildman–Crippen LogP) is 2.60. The molecule has 0 radical (unpaired) electrons. The number of carbonyl (C=O) groups excluding carboxylic acids is 2. The Morgan fingerprint density at radius 3 is 2.19 bits per heavy atom. The minimum Gasteiger partial charge on any atom is -0.323 e. The van der Waals surface area contributed by atoms with Gasteiger partial charge >= 0.3 is 6.03 Å². The summed E-state index contributed by atoms with van der Waals surface area (Å²) in [6.45, 7) is 1.82. The van der Waals surface area contributed by atoms with Crippen LogP contribution in [0.15, 0.2) is 35.7 Å². The summed E-state index contributed by atoms with van der Waals surface area (Å²) in [6.07, 6.45) is 8.29. The van der Waals surface area contributed by atoms with Crippen LogP contribution in [0.5, 0.6) is 0 Å². The van der Waals surface area contributed by atoms with Crippen molar-refractivity contribution in [1.29, 1.82) is 0 Å². The van der Waals surface area contributed by atoms with Gasteiger partial charge in [0.1, 0.15) is 5.54 Å². The van der Waals surface area contributed by atoms with Crippen molar-refractivity contribution in [3.63, 3.8) is 0 Å². The maximum atomic E-state index is 13.2. The normalized spacial score (nSPS) is 23.4. The summed E-state index contributed by atoms with van der Waals surface area (Å²) in [7, 11) is -3.52. The largest absolute Gasteiger partial charge is 0.326 e. The predicted molar refractivity (Wildman–Crippen MR) is 123 cm³/mol. The number of nitrogens with one attached hydrogen (secondary N) is 1. The van der Waals surface area contributed by atoms with Crippen LogP contribution in [0.3, 0.4) is 0 Å². The SMILES string of the molecule is O=C1NC2(CCCCCCC2)C(=O)N1CN1CCN(S(=O)(=O)/C=C/c2ccccc2)CC1. The molecule has 1 aliphatic carbocycles. The highest BCUT2D eigenvalue weighted by molar-refractivity contribution is 7.92. The molecule has 3 aliphatic rings. The number of amides is 3. The fourth-order valence-electron chi connectivity index (χ4n) is 4.79. The average Bonchev–Trinajstić information content (AvgIpc) is 3.01. The number of urea groups is 1. The van der Waals surface area contributed by atoms with E-state index in [1.165, 1.54) is 21.0 Å². The van der Waals surface area contributed by atoms with Gasteiger partial charge in [-0.15, -0.1) is 0 Å². The zero-order chi connectivity index (χ0) is 22.6. The van der Waals surface area contributed by atoms with E-state index in [9.17, 15) is 18.0 Å². The Kier molecular flexibility index (Phi) is 6.97. The van der Waals surface area contributed by atoms with E-state index in [4.69, 9.17) is 0 Å². The molecule has 3 fully saturated rings. The molecular formula is C23H32N4O4S. The molecule has 4 rings (SSSR count). The fraction of sp³-hybridized carbons (Fsp3) is 0.565. The summed E-state index contributed by atoms with van der Waals surface area (Å²) < 4.78 is 26.8. The van der Waals surface area contributed by atoms with Crippen molar-refractivity contribution in [3.8, 4) is 0 Å². The van der Waals surface area contributed by atoms with Gasteiger partial charge in [-0.3, -0.25) is 9.69 Å². The average molecular weight is 461 g/mol. The maximum Gasteiger partial charge on any atom is 0.326 e. The van der Waals surface area contributed by atoms with E-state index in [1.807, 2.05) is 35.2 Å². The first-order valence-corrected chi connectivity index (χ1v) is 13.0. The Balaban J connectivity index is 1.33. The number of hydrogen-bond donors (Lipinski definition) is 1. The van der Waals surface area contributed by atoms with Crippen LogP contribution in [0.2, 0.25) is 0 Å². The Labute approximate surface area is 190 Å². The lowest BCUT2D eigenvalue weighted by molar-refractivity contribution is -0.133. The fourth-order valence-corrected chi connectivity index (χ4v) is 5.97. The van der Waals surface area contributed by atoms with Gasteiger partial charge in [0.15, 0.2) is 0 Å². The van der Waals surface area contributed by atoms with Gasteiger partial charge in [0.2, 0.25) is 10.0 Å². The van der Waals surface area contributed by atoms with Gasteiger partial charge in [0.05, 0.1) is 6.67 Å². The second-order valence-corrected chi connectivity index (χ2v) is 10.7. The van der Waals surface area contributed by atoms with Crippen molar-refractivity contribution >= 4 is 28.0 Å². The second kappa shape index (κ2) is 9.72. The highest BCUT2D eigenvalue weighted by Gasteiger charge is 2.50. The molecule has 1 saturated carbocycles. The van der Waals surface area contributed by atoms with Crippen LogP contribution >= 0.6 is 0 Å². The number of nitrogens with zero attached hydrogens (tertiary/aromatic N) is 3. The van der Waals surface area contributed by atoms with Crippen LogP contribution in [-0.2, 0) is 14.8 Å². The number of piperazine rings is 1. The first-order chi connectivity index (χ1) is 15.4. The Morgan fingerprint density at radius 1 is 0.906 bits per heavy atom. The van der Waals surface area contributed by atoms with Crippen LogP contribution in [0, 0.1) is 0 Å². The highest BCUT2D eigenvalue weighted by atomic mass is 32.2. The van der Waals surface area contributed by atoms with Crippen LogP contribution in [0.4, 0.5) is 4.79 Å².